The van der Waals surface area contributed by atoms with Crippen LogP contribution in [0.25, 0.3) is 0 Å². The maximum Gasteiger partial charge on any atom is 0.229 e. The van der Waals surface area contributed by atoms with E-state index in [1.165, 1.54) is 11.0 Å². The number of benzene rings is 1. The Morgan fingerprint density at radius 3 is 2.58 bits per heavy atom. The Labute approximate surface area is 141 Å². The Hall–Kier alpha value is -2.24. The van der Waals surface area contributed by atoms with Gasteiger partial charge in [-0.2, -0.15) is 0 Å². The van der Waals surface area contributed by atoms with Crippen LogP contribution in [0.15, 0.2) is 24.3 Å². The minimum Gasteiger partial charge on any atom is -0.354 e. The van der Waals surface area contributed by atoms with Crippen LogP contribution in [0, 0.1) is 11.7 Å². The van der Waals surface area contributed by atoms with Crippen molar-refractivity contribution in [3.8, 4) is 0 Å². The van der Waals surface area contributed by atoms with Gasteiger partial charge in [0, 0.05) is 31.8 Å². The fraction of sp³-hybridized carbons (Fsp3) is 0.500. The number of piperidine rings is 1. The summed E-state index contributed by atoms with van der Waals surface area (Å²) in [7, 11) is 0. The van der Waals surface area contributed by atoms with Gasteiger partial charge in [-0.05, 0) is 30.9 Å². The van der Waals surface area contributed by atoms with Gasteiger partial charge in [-0.3, -0.25) is 19.3 Å². The molecule has 5 nitrogen and oxygen atoms in total. The van der Waals surface area contributed by atoms with Crippen molar-refractivity contribution in [1.29, 1.82) is 0 Å². The quantitative estimate of drug-likeness (QED) is 0.776. The van der Waals surface area contributed by atoms with Crippen molar-refractivity contribution in [3.05, 3.63) is 35.6 Å². The van der Waals surface area contributed by atoms with Gasteiger partial charge in [0.2, 0.25) is 17.7 Å². The lowest BCUT2D eigenvalue weighted by atomic mass is 10.00. The molecule has 0 saturated carbocycles. The van der Waals surface area contributed by atoms with E-state index in [-0.39, 0.29) is 42.5 Å². The lowest BCUT2D eigenvalue weighted by molar-refractivity contribution is -0.148. The first-order valence-electron chi connectivity index (χ1n) is 8.33. The third-order valence-corrected chi connectivity index (χ3v) is 4.27. The number of halogens is 1. The molecule has 1 aromatic rings. The monoisotopic (exact) mass is 334 g/mol. The first-order chi connectivity index (χ1) is 11.5. The van der Waals surface area contributed by atoms with Crippen LogP contribution >= 0.6 is 0 Å². The van der Waals surface area contributed by atoms with E-state index in [1.54, 1.807) is 25.1 Å². The summed E-state index contributed by atoms with van der Waals surface area (Å²) in [6.07, 6.45) is 2.41. The number of carbonyl (C=O) groups excluding carboxylic acids is 3. The smallest absolute Gasteiger partial charge is 0.229 e. The van der Waals surface area contributed by atoms with Gasteiger partial charge in [0.05, 0.1) is 0 Å². The summed E-state index contributed by atoms with van der Waals surface area (Å²) in [6.45, 7) is 2.25. The van der Waals surface area contributed by atoms with Gasteiger partial charge in [-0.1, -0.05) is 25.1 Å². The Kier molecular flexibility index (Phi) is 6.46. The van der Waals surface area contributed by atoms with Gasteiger partial charge in [-0.25, -0.2) is 4.39 Å². The van der Waals surface area contributed by atoms with E-state index in [0.717, 1.165) is 0 Å². The number of nitrogens with one attached hydrogen (secondary N) is 1. The van der Waals surface area contributed by atoms with Crippen molar-refractivity contribution < 1.29 is 18.8 Å². The van der Waals surface area contributed by atoms with Crippen molar-refractivity contribution in [2.75, 3.05) is 13.1 Å². The average Bonchev–Trinajstić information content (AvgIpc) is 2.56. The van der Waals surface area contributed by atoms with E-state index >= 15 is 0 Å². The predicted molar refractivity (Wildman–Crippen MR) is 87.5 cm³/mol. The fourth-order valence-electron chi connectivity index (χ4n) is 2.72. The molecule has 1 aliphatic rings. The number of imide groups is 1. The molecular formula is C18H23FN2O3. The number of carbonyl (C=O) groups is 3. The zero-order valence-corrected chi connectivity index (χ0v) is 13.9. The third kappa shape index (κ3) is 4.88. The molecule has 3 amide bonds. The number of hydrogen-bond donors (Lipinski definition) is 1. The summed E-state index contributed by atoms with van der Waals surface area (Å²) >= 11 is 0. The van der Waals surface area contributed by atoms with Crippen LogP contribution in [0.3, 0.4) is 0 Å². The predicted octanol–water partition coefficient (Wildman–Crippen LogP) is 2.05. The van der Waals surface area contributed by atoms with Crippen molar-refractivity contribution in [2.45, 2.75) is 39.0 Å². The van der Waals surface area contributed by atoms with Crippen LogP contribution in [-0.2, 0) is 20.8 Å². The van der Waals surface area contributed by atoms with Gasteiger partial charge in [-0.15, -0.1) is 0 Å². The second kappa shape index (κ2) is 8.57. The largest absolute Gasteiger partial charge is 0.354 e. The topological polar surface area (TPSA) is 66.5 Å². The number of aryl methyl sites for hydroxylation is 1. The molecule has 0 aromatic heterocycles. The van der Waals surface area contributed by atoms with Crippen molar-refractivity contribution in [3.63, 3.8) is 0 Å². The molecule has 0 radical (unpaired) electrons. The summed E-state index contributed by atoms with van der Waals surface area (Å²) < 4.78 is 13.6. The minimum atomic E-state index is -0.266. The number of hydrogen-bond acceptors (Lipinski definition) is 3. The molecule has 1 aromatic carbocycles. The van der Waals surface area contributed by atoms with Crippen molar-refractivity contribution in [2.24, 2.45) is 5.92 Å². The molecule has 1 fully saturated rings. The molecule has 24 heavy (non-hydrogen) atoms. The van der Waals surface area contributed by atoms with E-state index in [0.29, 0.717) is 37.7 Å². The molecule has 130 valence electrons. The van der Waals surface area contributed by atoms with Crippen LogP contribution in [0.2, 0.25) is 0 Å². The molecule has 0 spiro atoms. The second-order valence-corrected chi connectivity index (χ2v) is 6.11. The summed E-state index contributed by atoms with van der Waals surface area (Å²) in [4.78, 5) is 36.6. The first kappa shape index (κ1) is 18.1. The molecule has 1 atom stereocenters. The summed E-state index contributed by atoms with van der Waals surface area (Å²) in [5.74, 6) is -1.02. The van der Waals surface area contributed by atoms with Gasteiger partial charge in [0.15, 0.2) is 0 Å². The van der Waals surface area contributed by atoms with E-state index in [4.69, 9.17) is 0 Å². The molecule has 0 aliphatic carbocycles. The normalized spacial score (nSPS) is 16.2. The highest BCUT2D eigenvalue weighted by molar-refractivity contribution is 5.97. The molecule has 1 heterocycles. The Morgan fingerprint density at radius 2 is 1.92 bits per heavy atom. The highest BCUT2D eigenvalue weighted by Gasteiger charge is 2.25. The molecule has 1 saturated heterocycles. The maximum atomic E-state index is 13.6. The van der Waals surface area contributed by atoms with E-state index < -0.39 is 0 Å². The van der Waals surface area contributed by atoms with E-state index in [1.807, 2.05) is 0 Å². The van der Waals surface area contributed by atoms with Crippen LogP contribution in [0.5, 0.6) is 0 Å². The highest BCUT2D eigenvalue weighted by Crippen LogP contribution is 2.14. The van der Waals surface area contributed by atoms with Gasteiger partial charge < -0.3 is 5.32 Å². The van der Waals surface area contributed by atoms with Gasteiger partial charge >= 0.3 is 0 Å². The van der Waals surface area contributed by atoms with E-state index in [2.05, 4.69) is 5.32 Å². The highest BCUT2D eigenvalue weighted by atomic mass is 19.1. The van der Waals surface area contributed by atoms with Crippen LogP contribution in [0.1, 0.15) is 38.2 Å². The summed E-state index contributed by atoms with van der Waals surface area (Å²) in [6, 6.07) is 6.54. The first-order valence-corrected chi connectivity index (χ1v) is 8.33. The fourth-order valence-corrected chi connectivity index (χ4v) is 2.72. The molecule has 0 bridgehead atoms. The molecule has 2 rings (SSSR count). The van der Waals surface area contributed by atoms with E-state index in [9.17, 15) is 18.8 Å². The maximum absolute atomic E-state index is 13.6. The Morgan fingerprint density at radius 1 is 1.25 bits per heavy atom. The lowest BCUT2D eigenvalue weighted by Crippen LogP contribution is -2.45. The number of rotatable bonds is 7. The SMILES string of the molecule is CC(CCc1ccccc1F)C(=O)NCCN1C(=O)CCCC1=O. The third-order valence-electron chi connectivity index (χ3n) is 4.27. The average molecular weight is 334 g/mol. The number of likely N-dealkylation sites (tertiary alicyclic amines) is 1. The standard InChI is InChI=1S/C18H23FN2O3/c1-13(9-10-14-5-2-3-6-15(14)19)18(24)20-11-12-21-16(22)7-4-8-17(21)23/h2-3,5-6,13H,4,7-12H2,1H3,(H,20,24). The second-order valence-electron chi connectivity index (χ2n) is 6.11. The number of amides is 3. The molecule has 1 N–H and O–H groups in total. The zero-order chi connectivity index (χ0) is 17.5. The van der Waals surface area contributed by atoms with Crippen LogP contribution < -0.4 is 5.32 Å². The van der Waals surface area contributed by atoms with Crippen LogP contribution in [0.4, 0.5) is 4.39 Å². The lowest BCUT2D eigenvalue weighted by Gasteiger charge is -2.25. The molecule has 1 aliphatic heterocycles. The molecule has 1 unspecified atom stereocenters. The van der Waals surface area contributed by atoms with Gasteiger partial charge in [0.1, 0.15) is 5.82 Å². The Bertz CT molecular complexity index is 602. The molecule has 6 heteroatoms. The van der Waals surface area contributed by atoms with Crippen LogP contribution in [-0.4, -0.2) is 35.7 Å². The van der Waals surface area contributed by atoms with Gasteiger partial charge in [0.25, 0.3) is 0 Å². The van der Waals surface area contributed by atoms with Crippen molar-refractivity contribution >= 4 is 17.7 Å². The number of nitrogens with zero attached hydrogens (tertiary/aromatic N) is 1. The summed E-state index contributed by atoms with van der Waals surface area (Å²) in [5.41, 5.74) is 0.599. The zero-order valence-electron chi connectivity index (χ0n) is 13.9. The molecular weight excluding hydrogens is 311 g/mol. The summed E-state index contributed by atoms with van der Waals surface area (Å²) in [5, 5.41) is 2.74. The van der Waals surface area contributed by atoms with Crippen molar-refractivity contribution in [1.82, 2.24) is 10.2 Å². The Balaban J connectivity index is 1.72. The minimum absolute atomic E-state index is 0.150.